The summed E-state index contributed by atoms with van der Waals surface area (Å²) in [6.07, 6.45) is 1.10. The molecule has 0 bridgehead atoms. The zero-order chi connectivity index (χ0) is 8.27. The molecule has 2 nitrogen and oxygen atoms in total. The van der Waals surface area contributed by atoms with Crippen LogP contribution in [0.1, 0.15) is 13.3 Å². The standard InChI is InChI=1S/C8H17NOS/c1-7(10)5-9(2)8-3-4-11-6-8/h7-8,10H,3-6H2,1-2H3. The first kappa shape index (κ1) is 9.36. The van der Waals surface area contributed by atoms with Gasteiger partial charge < -0.3 is 10.0 Å². The van der Waals surface area contributed by atoms with Crippen molar-refractivity contribution in [1.82, 2.24) is 4.90 Å². The van der Waals surface area contributed by atoms with E-state index in [9.17, 15) is 0 Å². The lowest BCUT2D eigenvalue weighted by molar-refractivity contribution is 0.123. The van der Waals surface area contributed by atoms with Crippen LogP contribution in [-0.2, 0) is 0 Å². The van der Waals surface area contributed by atoms with E-state index < -0.39 is 0 Å². The molecule has 1 N–H and O–H groups in total. The number of aliphatic hydroxyl groups excluding tert-OH is 1. The van der Waals surface area contributed by atoms with Crippen LogP contribution < -0.4 is 0 Å². The molecular formula is C8H17NOS. The summed E-state index contributed by atoms with van der Waals surface area (Å²) < 4.78 is 0. The molecule has 0 spiro atoms. The van der Waals surface area contributed by atoms with E-state index in [1.165, 1.54) is 17.9 Å². The summed E-state index contributed by atoms with van der Waals surface area (Å²) in [5.41, 5.74) is 0. The average molecular weight is 175 g/mol. The molecule has 0 aromatic heterocycles. The molecule has 66 valence electrons. The molecule has 0 aromatic carbocycles. The molecule has 1 aliphatic rings. The number of hydrogen-bond acceptors (Lipinski definition) is 3. The molecule has 1 rings (SSSR count). The van der Waals surface area contributed by atoms with Crippen LogP contribution in [0, 0.1) is 0 Å². The molecule has 1 fully saturated rings. The van der Waals surface area contributed by atoms with Crippen molar-refractivity contribution in [2.45, 2.75) is 25.5 Å². The van der Waals surface area contributed by atoms with Crippen LogP contribution in [0.15, 0.2) is 0 Å². The quantitative estimate of drug-likeness (QED) is 0.686. The minimum absolute atomic E-state index is 0.189. The highest BCUT2D eigenvalue weighted by Gasteiger charge is 2.20. The summed E-state index contributed by atoms with van der Waals surface area (Å²) in [6, 6.07) is 0.703. The number of likely N-dealkylation sites (N-methyl/N-ethyl adjacent to an activating group) is 1. The number of rotatable bonds is 3. The van der Waals surface area contributed by atoms with Gasteiger partial charge in [0, 0.05) is 18.3 Å². The Morgan fingerprint density at radius 1 is 1.73 bits per heavy atom. The first-order chi connectivity index (χ1) is 5.20. The highest BCUT2D eigenvalue weighted by molar-refractivity contribution is 7.99. The molecule has 11 heavy (non-hydrogen) atoms. The minimum atomic E-state index is -0.189. The van der Waals surface area contributed by atoms with E-state index in [4.69, 9.17) is 5.11 Å². The molecule has 2 unspecified atom stereocenters. The maximum absolute atomic E-state index is 9.13. The van der Waals surface area contributed by atoms with Gasteiger partial charge >= 0.3 is 0 Å². The van der Waals surface area contributed by atoms with E-state index in [1.54, 1.807) is 0 Å². The van der Waals surface area contributed by atoms with Crippen molar-refractivity contribution >= 4 is 11.8 Å². The molecule has 0 aromatic rings. The third kappa shape index (κ3) is 3.01. The molecule has 1 aliphatic heterocycles. The van der Waals surface area contributed by atoms with Gasteiger partial charge in [-0.1, -0.05) is 0 Å². The molecule has 0 amide bonds. The first-order valence-corrected chi connectivity index (χ1v) is 5.31. The lowest BCUT2D eigenvalue weighted by atomic mass is 10.2. The largest absolute Gasteiger partial charge is 0.392 e. The monoisotopic (exact) mass is 175 g/mol. The Morgan fingerprint density at radius 3 is 2.91 bits per heavy atom. The van der Waals surface area contributed by atoms with Gasteiger partial charge in [-0.3, -0.25) is 0 Å². The molecule has 1 saturated heterocycles. The second-order valence-electron chi connectivity index (χ2n) is 3.31. The predicted molar refractivity (Wildman–Crippen MR) is 50.0 cm³/mol. The van der Waals surface area contributed by atoms with Gasteiger partial charge in [-0.2, -0.15) is 11.8 Å². The summed E-state index contributed by atoms with van der Waals surface area (Å²) in [7, 11) is 2.10. The third-order valence-electron chi connectivity index (χ3n) is 2.08. The van der Waals surface area contributed by atoms with E-state index in [0.717, 1.165) is 6.54 Å². The topological polar surface area (TPSA) is 23.5 Å². The van der Waals surface area contributed by atoms with Crippen LogP contribution in [0.2, 0.25) is 0 Å². The molecule has 1 heterocycles. The number of thioether (sulfide) groups is 1. The van der Waals surface area contributed by atoms with Crippen molar-refractivity contribution in [2.75, 3.05) is 25.1 Å². The van der Waals surface area contributed by atoms with E-state index in [2.05, 4.69) is 11.9 Å². The summed E-state index contributed by atoms with van der Waals surface area (Å²) in [5, 5.41) is 9.13. The van der Waals surface area contributed by atoms with E-state index in [0.29, 0.717) is 6.04 Å². The van der Waals surface area contributed by atoms with Gasteiger partial charge in [0.1, 0.15) is 0 Å². The maximum Gasteiger partial charge on any atom is 0.0639 e. The van der Waals surface area contributed by atoms with Crippen LogP contribution in [0.25, 0.3) is 0 Å². The summed E-state index contributed by atoms with van der Waals surface area (Å²) in [6.45, 7) is 2.66. The van der Waals surface area contributed by atoms with Crippen molar-refractivity contribution < 1.29 is 5.11 Å². The van der Waals surface area contributed by atoms with Gasteiger partial charge in [0.25, 0.3) is 0 Å². The first-order valence-electron chi connectivity index (χ1n) is 4.16. The van der Waals surface area contributed by atoms with Crippen LogP contribution in [0.5, 0.6) is 0 Å². The van der Waals surface area contributed by atoms with Crippen LogP contribution in [0.4, 0.5) is 0 Å². The van der Waals surface area contributed by atoms with E-state index in [-0.39, 0.29) is 6.10 Å². The van der Waals surface area contributed by atoms with Crippen molar-refractivity contribution in [3.63, 3.8) is 0 Å². The zero-order valence-corrected chi connectivity index (χ0v) is 8.10. The van der Waals surface area contributed by atoms with Crippen LogP contribution in [-0.4, -0.2) is 47.3 Å². The Hall–Kier alpha value is 0.270. The van der Waals surface area contributed by atoms with Crippen LogP contribution in [0.3, 0.4) is 0 Å². The Balaban J connectivity index is 2.22. The summed E-state index contributed by atoms with van der Waals surface area (Å²) in [5.74, 6) is 2.53. The second-order valence-corrected chi connectivity index (χ2v) is 4.46. The van der Waals surface area contributed by atoms with E-state index in [1.807, 2.05) is 18.7 Å². The predicted octanol–water partition coefficient (Wildman–Crippen LogP) is 0.804. The molecule has 3 heteroatoms. The highest BCUT2D eigenvalue weighted by atomic mass is 32.2. The minimum Gasteiger partial charge on any atom is -0.392 e. The Labute approximate surface area is 73.0 Å². The smallest absolute Gasteiger partial charge is 0.0639 e. The Morgan fingerprint density at radius 2 is 2.45 bits per heavy atom. The third-order valence-corrected chi connectivity index (χ3v) is 3.23. The lowest BCUT2D eigenvalue weighted by Crippen LogP contribution is -2.36. The van der Waals surface area contributed by atoms with Gasteiger partial charge in [0.15, 0.2) is 0 Å². The fourth-order valence-electron chi connectivity index (χ4n) is 1.44. The van der Waals surface area contributed by atoms with Crippen molar-refractivity contribution in [3.05, 3.63) is 0 Å². The number of aliphatic hydroxyl groups is 1. The van der Waals surface area contributed by atoms with E-state index >= 15 is 0 Å². The van der Waals surface area contributed by atoms with Gasteiger partial charge in [-0.25, -0.2) is 0 Å². The van der Waals surface area contributed by atoms with Gasteiger partial charge in [0.2, 0.25) is 0 Å². The van der Waals surface area contributed by atoms with Crippen molar-refractivity contribution in [2.24, 2.45) is 0 Å². The maximum atomic E-state index is 9.13. The number of nitrogens with zero attached hydrogens (tertiary/aromatic N) is 1. The van der Waals surface area contributed by atoms with Gasteiger partial charge in [0.05, 0.1) is 6.10 Å². The fourth-order valence-corrected chi connectivity index (χ4v) is 2.73. The summed E-state index contributed by atoms with van der Waals surface area (Å²) in [4.78, 5) is 2.27. The molecule has 2 atom stereocenters. The van der Waals surface area contributed by atoms with Crippen LogP contribution >= 0.6 is 11.8 Å². The second kappa shape index (κ2) is 4.33. The average Bonchev–Trinajstić information content (AvgIpc) is 2.35. The highest BCUT2D eigenvalue weighted by Crippen LogP contribution is 2.21. The fraction of sp³-hybridized carbons (Fsp3) is 1.00. The van der Waals surface area contributed by atoms with Crippen molar-refractivity contribution in [3.8, 4) is 0 Å². The Bertz CT molecular complexity index is 113. The van der Waals surface area contributed by atoms with Gasteiger partial charge in [-0.05, 0) is 26.1 Å². The number of hydrogen-bond donors (Lipinski definition) is 1. The van der Waals surface area contributed by atoms with Gasteiger partial charge in [-0.15, -0.1) is 0 Å². The summed E-state index contributed by atoms with van der Waals surface area (Å²) >= 11 is 2.01. The normalized spacial score (nSPS) is 27.8. The SMILES string of the molecule is CC(O)CN(C)C1CCSC1. The Kier molecular flexibility index (Phi) is 3.69. The molecular weight excluding hydrogens is 158 g/mol. The lowest BCUT2D eigenvalue weighted by Gasteiger charge is -2.24. The molecule has 0 aliphatic carbocycles. The molecule has 0 saturated carbocycles. The molecule has 0 radical (unpaired) electrons. The van der Waals surface area contributed by atoms with Crippen molar-refractivity contribution in [1.29, 1.82) is 0 Å². The zero-order valence-electron chi connectivity index (χ0n) is 7.29.